The van der Waals surface area contributed by atoms with Crippen molar-refractivity contribution in [2.75, 3.05) is 11.1 Å². The number of carbonyl (C=O) groups is 1. The van der Waals surface area contributed by atoms with E-state index < -0.39 is 0 Å². The van der Waals surface area contributed by atoms with Gasteiger partial charge in [-0.3, -0.25) is 9.36 Å². The third-order valence-corrected chi connectivity index (χ3v) is 6.37. The van der Waals surface area contributed by atoms with Crippen LogP contribution in [0.15, 0.2) is 60.3 Å². The van der Waals surface area contributed by atoms with Gasteiger partial charge in [-0.05, 0) is 67.6 Å². The van der Waals surface area contributed by atoms with Crippen molar-refractivity contribution in [3.8, 4) is 5.75 Å². The summed E-state index contributed by atoms with van der Waals surface area (Å²) in [6, 6.07) is 14.0. The molecule has 6 nitrogen and oxygen atoms in total. The van der Waals surface area contributed by atoms with Crippen LogP contribution in [0.1, 0.15) is 55.3 Å². The number of hydrogen-bond acceptors (Lipinski definition) is 5. The van der Waals surface area contributed by atoms with Crippen molar-refractivity contribution < 1.29 is 9.53 Å². The van der Waals surface area contributed by atoms with Crippen LogP contribution in [0.2, 0.25) is 0 Å². The van der Waals surface area contributed by atoms with Crippen LogP contribution in [0.25, 0.3) is 0 Å². The fraction of sp³-hybridized carbons (Fsp3) is 0.346. The lowest BCUT2D eigenvalue weighted by atomic mass is 10.0. The van der Waals surface area contributed by atoms with Crippen molar-refractivity contribution in [1.29, 1.82) is 0 Å². The highest BCUT2D eigenvalue weighted by Crippen LogP contribution is 2.26. The highest BCUT2D eigenvalue weighted by atomic mass is 32.2. The molecule has 0 bridgehead atoms. The topological polar surface area (TPSA) is 69.0 Å². The molecule has 0 spiro atoms. The third-order valence-electron chi connectivity index (χ3n) is 5.40. The summed E-state index contributed by atoms with van der Waals surface area (Å²) in [5, 5.41) is 12.3. The van der Waals surface area contributed by atoms with E-state index in [9.17, 15) is 4.79 Å². The Hall–Kier alpha value is -3.06. The standard InChI is InChI=1S/C26H32N4O2S/c1-7-14-30-25(20(6)32-23-12-9-21(10-13-23)17(2)3)28-29-26(30)33-16-24(31)27-22-11-8-18(4)19(5)15-22/h7-13,15,17,20H,1,14,16H2,2-6H3,(H,27,31). The van der Waals surface area contributed by atoms with Gasteiger partial charge in [0, 0.05) is 12.2 Å². The number of thioether (sulfide) groups is 1. The number of nitrogens with one attached hydrogen (secondary N) is 1. The molecular weight excluding hydrogens is 432 g/mol. The van der Waals surface area contributed by atoms with Crippen LogP contribution in [0, 0.1) is 13.8 Å². The summed E-state index contributed by atoms with van der Waals surface area (Å²) in [5.74, 6) is 2.09. The third kappa shape index (κ3) is 6.48. The number of hydrogen-bond donors (Lipinski definition) is 1. The number of anilines is 1. The minimum atomic E-state index is -0.305. The lowest BCUT2D eigenvalue weighted by molar-refractivity contribution is -0.113. The van der Waals surface area contributed by atoms with Gasteiger partial charge >= 0.3 is 0 Å². The number of aryl methyl sites for hydroxylation is 2. The van der Waals surface area contributed by atoms with Crippen molar-refractivity contribution >= 4 is 23.4 Å². The molecule has 0 aliphatic rings. The molecular formula is C26H32N4O2S. The Morgan fingerprint density at radius 2 is 1.85 bits per heavy atom. The Labute approximate surface area is 200 Å². The molecule has 0 aliphatic carbocycles. The molecule has 1 amide bonds. The Bertz CT molecular complexity index is 1110. The molecule has 3 rings (SSSR count). The van der Waals surface area contributed by atoms with Gasteiger partial charge in [0.1, 0.15) is 5.75 Å². The zero-order valence-electron chi connectivity index (χ0n) is 20.0. The van der Waals surface area contributed by atoms with Crippen molar-refractivity contribution in [1.82, 2.24) is 14.8 Å². The van der Waals surface area contributed by atoms with Crippen LogP contribution in [0.5, 0.6) is 5.75 Å². The van der Waals surface area contributed by atoms with Gasteiger partial charge in [0.05, 0.1) is 5.75 Å². The first kappa shape index (κ1) is 24.6. The summed E-state index contributed by atoms with van der Waals surface area (Å²) >= 11 is 1.35. The smallest absolute Gasteiger partial charge is 0.234 e. The SMILES string of the molecule is C=CCn1c(SCC(=O)Nc2ccc(C)c(C)c2)nnc1C(C)Oc1ccc(C(C)C)cc1. The molecule has 0 saturated carbocycles. The van der Waals surface area contributed by atoms with Gasteiger partial charge < -0.3 is 10.1 Å². The molecule has 3 aromatic rings. The molecule has 1 heterocycles. The molecule has 0 saturated heterocycles. The summed E-state index contributed by atoms with van der Waals surface area (Å²) in [6.45, 7) is 14.7. The van der Waals surface area contributed by atoms with E-state index in [1.54, 1.807) is 6.08 Å². The first-order valence-electron chi connectivity index (χ1n) is 11.1. The maximum Gasteiger partial charge on any atom is 0.234 e. The number of rotatable bonds is 10. The fourth-order valence-corrected chi connectivity index (χ4v) is 4.10. The average Bonchev–Trinajstić information content (AvgIpc) is 3.18. The number of aromatic nitrogens is 3. The molecule has 33 heavy (non-hydrogen) atoms. The van der Waals surface area contributed by atoms with Crippen molar-refractivity contribution in [3.05, 3.63) is 77.6 Å². The van der Waals surface area contributed by atoms with E-state index in [-0.39, 0.29) is 17.8 Å². The van der Waals surface area contributed by atoms with Gasteiger partial charge in [-0.2, -0.15) is 0 Å². The summed E-state index contributed by atoms with van der Waals surface area (Å²) in [4.78, 5) is 12.5. The number of amides is 1. The minimum Gasteiger partial charge on any atom is -0.483 e. The minimum absolute atomic E-state index is 0.0903. The van der Waals surface area contributed by atoms with Crippen LogP contribution in [0.3, 0.4) is 0 Å². The number of carbonyl (C=O) groups excluding carboxylic acids is 1. The summed E-state index contributed by atoms with van der Waals surface area (Å²) in [7, 11) is 0. The summed E-state index contributed by atoms with van der Waals surface area (Å²) < 4.78 is 8.05. The van der Waals surface area contributed by atoms with Gasteiger partial charge in [-0.15, -0.1) is 16.8 Å². The molecule has 1 atom stereocenters. The van der Waals surface area contributed by atoms with Crippen molar-refractivity contribution in [2.24, 2.45) is 0 Å². The average molecular weight is 465 g/mol. The predicted octanol–water partition coefficient (Wildman–Crippen LogP) is 6.08. The molecule has 0 radical (unpaired) electrons. The monoisotopic (exact) mass is 464 g/mol. The van der Waals surface area contributed by atoms with E-state index >= 15 is 0 Å². The fourth-order valence-electron chi connectivity index (χ4n) is 3.34. The maximum absolute atomic E-state index is 12.5. The largest absolute Gasteiger partial charge is 0.483 e. The second-order valence-electron chi connectivity index (χ2n) is 8.36. The second kappa shape index (κ2) is 11.2. The van der Waals surface area contributed by atoms with E-state index in [2.05, 4.69) is 48.1 Å². The Kier molecular flexibility index (Phi) is 8.33. The van der Waals surface area contributed by atoms with E-state index in [0.29, 0.717) is 23.4 Å². The highest BCUT2D eigenvalue weighted by molar-refractivity contribution is 7.99. The Morgan fingerprint density at radius 3 is 2.48 bits per heavy atom. The second-order valence-corrected chi connectivity index (χ2v) is 9.30. The van der Waals surface area contributed by atoms with Gasteiger partial charge in [0.15, 0.2) is 17.1 Å². The molecule has 0 aliphatic heterocycles. The van der Waals surface area contributed by atoms with Crippen molar-refractivity contribution in [3.63, 3.8) is 0 Å². The normalized spacial score (nSPS) is 11.9. The number of ether oxygens (including phenoxy) is 1. The number of benzene rings is 2. The summed E-state index contributed by atoms with van der Waals surface area (Å²) in [5.41, 5.74) is 4.40. The Morgan fingerprint density at radius 1 is 1.12 bits per heavy atom. The lowest BCUT2D eigenvalue weighted by Crippen LogP contribution is -2.15. The van der Waals surface area contributed by atoms with Crippen LogP contribution in [-0.4, -0.2) is 26.4 Å². The number of allylic oxidation sites excluding steroid dienone is 1. The molecule has 0 fully saturated rings. The van der Waals surface area contributed by atoms with E-state index in [1.807, 2.05) is 55.7 Å². The first-order valence-corrected chi connectivity index (χ1v) is 12.1. The van der Waals surface area contributed by atoms with Gasteiger partial charge in [-0.1, -0.05) is 49.9 Å². The van der Waals surface area contributed by atoms with Crippen LogP contribution < -0.4 is 10.1 Å². The molecule has 1 unspecified atom stereocenters. The zero-order chi connectivity index (χ0) is 24.0. The number of nitrogens with zero attached hydrogens (tertiary/aromatic N) is 3. The molecule has 2 aromatic carbocycles. The maximum atomic E-state index is 12.5. The van der Waals surface area contributed by atoms with Gasteiger partial charge in [-0.25, -0.2) is 0 Å². The lowest BCUT2D eigenvalue weighted by Gasteiger charge is -2.16. The predicted molar refractivity (Wildman–Crippen MR) is 135 cm³/mol. The van der Waals surface area contributed by atoms with E-state index in [1.165, 1.54) is 22.9 Å². The molecule has 7 heteroatoms. The van der Waals surface area contributed by atoms with Crippen LogP contribution in [-0.2, 0) is 11.3 Å². The van der Waals surface area contributed by atoms with Gasteiger partial charge in [0.25, 0.3) is 0 Å². The summed E-state index contributed by atoms with van der Waals surface area (Å²) in [6.07, 6.45) is 1.48. The quantitative estimate of drug-likeness (QED) is 0.291. The zero-order valence-corrected chi connectivity index (χ0v) is 20.8. The molecule has 174 valence electrons. The van der Waals surface area contributed by atoms with E-state index in [0.717, 1.165) is 17.0 Å². The molecule has 1 N–H and O–H groups in total. The highest BCUT2D eigenvalue weighted by Gasteiger charge is 2.20. The van der Waals surface area contributed by atoms with Crippen LogP contribution >= 0.6 is 11.8 Å². The van der Waals surface area contributed by atoms with Gasteiger partial charge in [0.2, 0.25) is 5.91 Å². The van der Waals surface area contributed by atoms with Crippen molar-refractivity contribution in [2.45, 2.75) is 58.3 Å². The first-order chi connectivity index (χ1) is 15.8. The Balaban J connectivity index is 1.65. The molecule has 1 aromatic heterocycles. The van der Waals surface area contributed by atoms with E-state index in [4.69, 9.17) is 4.74 Å². The van der Waals surface area contributed by atoms with Crippen LogP contribution in [0.4, 0.5) is 5.69 Å².